The van der Waals surface area contributed by atoms with Gasteiger partial charge >= 0.3 is 0 Å². The maximum absolute atomic E-state index is 13.6. The maximum atomic E-state index is 13.6. The molecule has 6 heteroatoms. The van der Waals surface area contributed by atoms with Crippen LogP contribution in [-0.4, -0.2) is 13.0 Å². The van der Waals surface area contributed by atoms with Crippen molar-refractivity contribution in [1.82, 2.24) is 5.32 Å². The van der Waals surface area contributed by atoms with Crippen molar-refractivity contribution in [2.24, 2.45) is 0 Å². The van der Waals surface area contributed by atoms with E-state index in [0.717, 1.165) is 5.56 Å². The van der Waals surface area contributed by atoms with Gasteiger partial charge in [0.25, 0.3) is 5.91 Å². The molecule has 2 aromatic carbocycles. The fourth-order valence-corrected chi connectivity index (χ4v) is 2.22. The van der Waals surface area contributed by atoms with Crippen LogP contribution >= 0.6 is 15.9 Å². The summed E-state index contributed by atoms with van der Waals surface area (Å²) in [7, 11) is 1.55. The molecule has 0 aliphatic carbocycles. The molecule has 0 bridgehead atoms. The Morgan fingerprint density at radius 2 is 1.71 bits per heavy atom. The van der Waals surface area contributed by atoms with Crippen LogP contribution in [0.5, 0.6) is 0 Å². The summed E-state index contributed by atoms with van der Waals surface area (Å²) in [6.45, 7) is 0.253. The van der Waals surface area contributed by atoms with Crippen molar-refractivity contribution in [1.29, 1.82) is 0 Å². The second-order valence-corrected chi connectivity index (χ2v) is 5.29. The standard InChI is InChI=1S/C15H13BrF2N2O/c1-19-15(21)10-4-2-9(3-5-10)8-20-14-12(17)6-11(16)7-13(14)18/h2-7,20H,8H2,1H3,(H,19,21). The summed E-state index contributed by atoms with van der Waals surface area (Å²) in [5, 5.41) is 5.24. The van der Waals surface area contributed by atoms with E-state index >= 15 is 0 Å². The molecule has 0 aromatic heterocycles. The minimum atomic E-state index is -0.663. The zero-order valence-electron chi connectivity index (χ0n) is 11.2. The minimum absolute atomic E-state index is 0.173. The molecule has 0 unspecified atom stereocenters. The number of amides is 1. The molecule has 110 valence electrons. The Bertz CT molecular complexity index is 636. The molecule has 0 heterocycles. The normalized spacial score (nSPS) is 10.3. The van der Waals surface area contributed by atoms with E-state index in [1.165, 1.54) is 12.1 Å². The van der Waals surface area contributed by atoms with Gasteiger partial charge in [0.1, 0.15) is 17.3 Å². The zero-order valence-corrected chi connectivity index (χ0v) is 12.8. The summed E-state index contributed by atoms with van der Waals surface area (Å²) in [5.41, 5.74) is 1.17. The molecule has 2 rings (SSSR count). The first-order valence-electron chi connectivity index (χ1n) is 6.20. The zero-order chi connectivity index (χ0) is 15.4. The van der Waals surface area contributed by atoms with E-state index in [2.05, 4.69) is 26.6 Å². The lowest BCUT2D eigenvalue weighted by Gasteiger charge is -2.10. The van der Waals surface area contributed by atoms with Gasteiger partial charge in [-0.05, 0) is 29.8 Å². The second kappa shape index (κ2) is 6.67. The Kier molecular flexibility index (Phi) is 4.90. The first-order chi connectivity index (χ1) is 10.0. The number of halogens is 3. The molecular formula is C15H13BrF2N2O. The van der Waals surface area contributed by atoms with Crippen molar-refractivity contribution < 1.29 is 13.6 Å². The Hall–Kier alpha value is -1.95. The average molecular weight is 355 g/mol. The predicted octanol–water partition coefficient (Wildman–Crippen LogP) is 3.70. The number of rotatable bonds is 4. The lowest BCUT2D eigenvalue weighted by molar-refractivity contribution is 0.0963. The second-order valence-electron chi connectivity index (χ2n) is 4.37. The third-order valence-electron chi connectivity index (χ3n) is 2.92. The summed E-state index contributed by atoms with van der Waals surface area (Å²) in [5.74, 6) is -1.51. The highest BCUT2D eigenvalue weighted by Crippen LogP contribution is 2.24. The van der Waals surface area contributed by atoms with Crippen LogP contribution in [0.15, 0.2) is 40.9 Å². The molecule has 0 aliphatic heterocycles. The molecule has 2 aromatic rings. The molecule has 0 fully saturated rings. The molecule has 0 radical (unpaired) electrons. The van der Waals surface area contributed by atoms with Gasteiger partial charge in [-0.15, -0.1) is 0 Å². The summed E-state index contributed by atoms with van der Waals surface area (Å²) >= 11 is 3.03. The average Bonchev–Trinajstić information content (AvgIpc) is 2.46. The van der Waals surface area contributed by atoms with E-state index in [0.29, 0.717) is 10.0 Å². The monoisotopic (exact) mass is 354 g/mol. The first kappa shape index (κ1) is 15.4. The maximum Gasteiger partial charge on any atom is 0.251 e. The van der Waals surface area contributed by atoms with Crippen molar-refractivity contribution in [3.63, 3.8) is 0 Å². The molecule has 0 spiro atoms. The molecule has 2 N–H and O–H groups in total. The number of benzene rings is 2. The summed E-state index contributed by atoms with van der Waals surface area (Å²) in [6.07, 6.45) is 0. The Labute approximate surface area is 129 Å². The van der Waals surface area contributed by atoms with Crippen molar-refractivity contribution >= 4 is 27.5 Å². The smallest absolute Gasteiger partial charge is 0.251 e. The van der Waals surface area contributed by atoms with E-state index < -0.39 is 11.6 Å². The summed E-state index contributed by atoms with van der Waals surface area (Å²) < 4.78 is 27.6. The van der Waals surface area contributed by atoms with Crippen molar-refractivity contribution in [3.05, 3.63) is 63.6 Å². The number of carbonyl (C=O) groups excluding carboxylic acids is 1. The van der Waals surface area contributed by atoms with Crippen LogP contribution in [0, 0.1) is 11.6 Å². The van der Waals surface area contributed by atoms with Crippen LogP contribution in [0.1, 0.15) is 15.9 Å². The van der Waals surface area contributed by atoms with E-state index in [1.54, 1.807) is 31.3 Å². The predicted molar refractivity (Wildman–Crippen MR) is 81.2 cm³/mol. The highest BCUT2D eigenvalue weighted by molar-refractivity contribution is 9.10. The van der Waals surface area contributed by atoms with Crippen molar-refractivity contribution in [3.8, 4) is 0 Å². The van der Waals surface area contributed by atoms with Crippen LogP contribution in [0.25, 0.3) is 0 Å². The van der Waals surface area contributed by atoms with E-state index in [1.807, 2.05) is 0 Å². The highest BCUT2D eigenvalue weighted by Gasteiger charge is 2.10. The Morgan fingerprint density at radius 3 is 2.24 bits per heavy atom. The van der Waals surface area contributed by atoms with Gasteiger partial charge in [-0.1, -0.05) is 28.1 Å². The molecule has 21 heavy (non-hydrogen) atoms. The lowest BCUT2D eigenvalue weighted by atomic mass is 10.1. The molecule has 0 atom stereocenters. The molecular weight excluding hydrogens is 342 g/mol. The van der Waals surface area contributed by atoms with Crippen LogP contribution in [0.2, 0.25) is 0 Å². The molecule has 0 aliphatic rings. The topological polar surface area (TPSA) is 41.1 Å². The number of hydrogen-bond donors (Lipinski definition) is 2. The van der Waals surface area contributed by atoms with Gasteiger partial charge in [-0.3, -0.25) is 4.79 Å². The summed E-state index contributed by atoms with van der Waals surface area (Å²) in [4.78, 5) is 11.4. The van der Waals surface area contributed by atoms with Crippen LogP contribution in [0.3, 0.4) is 0 Å². The quantitative estimate of drug-likeness (QED) is 0.878. The van der Waals surface area contributed by atoms with Gasteiger partial charge in [0.2, 0.25) is 0 Å². The van der Waals surface area contributed by atoms with Gasteiger partial charge in [-0.2, -0.15) is 0 Å². The van der Waals surface area contributed by atoms with E-state index in [9.17, 15) is 13.6 Å². The number of hydrogen-bond acceptors (Lipinski definition) is 2. The van der Waals surface area contributed by atoms with Crippen LogP contribution in [0.4, 0.5) is 14.5 Å². The SMILES string of the molecule is CNC(=O)c1ccc(CNc2c(F)cc(Br)cc2F)cc1. The fraction of sp³-hybridized carbons (Fsp3) is 0.133. The molecule has 0 saturated heterocycles. The first-order valence-corrected chi connectivity index (χ1v) is 7.00. The van der Waals surface area contributed by atoms with Gasteiger partial charge < -0.3 is 10.6 Å². The third-order valence-corrected chi connectivity index (χ3v) is 3.38. The van der Waals surface area contributed by atoms with Gasteiger partial charge in [0.05, 0.1) is 0 Å². The number of nitrogens with one attached hydrogen (secondary N) is 2. The fourth-order valence-electron chi connectivity index (χ4n) is 1.82. The lowest BCUT2D eigenvalue weighted by Crippen LogP contribution is -2.17. The van der Waals surface area contributed by atoms with Crippen LogP contribution < -0.4 is 10.6 Å². The van der Waals surface area contributed by atoms with Crippen LogP contribution in [-0.2, 0) is 6.54 Å². The minimum Gasteiger partial charge on any atom is -0.376 e. The van der Waals surface area contributed by atoms with E-state index in [-0.39, 0.29) is 18.1 Å². The molecule has 3 nitrogen and oxygen atoms in total. The third kappa shape index (κ3) is 3.78. The highest BCUT2D eigenvalue weighted by atomic mass is 79.9. The number of anilines is 1. The number of carbonyl (C=O) groups is 1. The molecule has 0 saturated carbocycles. The summed E-state index contributed by atoms with van der Waals surface area (Å²) in [6, 6.07) is 9.16. The molecule has 1 amide bonds. The van der Waals surface area contributed by atoms with Gasteiger partial charge in [0.15, 0.2) is 0 Å². The van der Waals surface area contributed by atoms with Gasteiger partial charge in [-0.25, -0.2) is 8.78 Å². The van der Waals surface area contributed by atoms with Crippen molar-refractivity contribution in [2.75, 3.05) is 12.4 Å². The Morgan fingerprint density at radius 1 is 1.14 bits per heavy atom. The Balaban J connectivity index is 2.08. The van der Waals surface area contributed by atoms with Crippen molar-refractivity contribution in [2.45, 2.75) is 6.54 Å². The van der Waals surface area contributed by atoms with E-state index in [4.69, 9.17) is 0 Å². The largest absolute Gasteiger partial charge is 0.376 e. The van der Waals surface area contributed by atoms with Gasteiger partial charge in [0, 0.05) is 23.6 Å².